The topological polar surface area (TPSA) is 68.8 Å². The van der Waals surface area contributed by atoms with Crippen molar-refractivity contribution in [2.24, 2.45) is 10.8 Å². The van der Waals surface area contributed by atoms with Crippen LogP contribution in [0.4, 0.5) is 0 Å². The Balaban J connectivity index is 1.68. The van der Waals surface area contributed by atoms with Crippen molar-refractivity contribution in [1.82, 2.24) is 10.6 Å². The smallest absolute Gasteiger partial charge is 0.226 e. The minimum absolute atomic E-state index is 0.142. The summed E-state index contributed by atoms with van der Waals surface area (Å²) in [6, 6.07) is 3.74. The van der Waals surface area contributed by atoms with Crippen LogP contribution in [-0.4, -0.2) is 40.3 Å². The van der Waals surface area contributed by atoms with Crippen LogP contribution in [0.25, 0.3) is 0 Å². The van der Waals surface area contributed by atoms with E-state index in [1.807, 2.05) is 12.1 Å². The van der Waals surface area contributed by atoms with Gasteiger partial charge in [-0.15, -0.1) is 0 Å². The van der Waals surface area contributed by atoms with Crippen LogP contribution in [0.5, 0.6) is 17.2 Å². The van der Waals surface area contributed by atoms with Gasteiger partial charge in [-0.1, -0.05) is 6.92 Å². The van der Waals surface area contributed by atoms with Gasteiger partial charge in [-0.05, 0) is 55.5 Å². The highest BCUT2D eigenvalue weighted by molar-refractivity contribution is 5.86. The van der Waals surface area contributed by atoms with Crippen LogP contribution >= 0.6 is 0 Å². The van der Waals surface area contributed by atoms with Crippen molar-refractivity contribution in [2.45, 2.75) is 32.7 Å². The van der Waals surface area contributed by atoms with Crippen LogP contribution in [0.1, 0.15) is 31.7 Å². The lowest BCUT2D eigenvalue weighted by Crippen LogP contribution is -2.38. The van der Waals surface area contributed by atoms with Crippen LogP contribution in [-0.2, 0) is 11.3 Å². The number of hydrogen-bond donors (Lipinski definition) is 2. The number of rotatable bonds is 6. The lowest BCUT2D eigenvalue weighted by Gasteiger charge is -2.27. The first-order chi connectivity index (χ1) is 12.0. The number of amides is 1. The Morgan fingerprint density at radius 2 is 1.72 bits per heavy atom. The number of carbonyl (C=O) groups excluding carboxylic acids is 1. The lowest BCUT2D eigenvalue weighted by molar-refractivity contribution is -0.127. The Bertz CT molecular complexity index is 630. The first-order valence-electron chi connectivity index (χ1n) is 8.77. The third-order valence-corrected chi connectivity index (χ3v) is 5.98. The van der Waals surface area contributed by atoms with Crippen LogP contribution < -0.4 is 24.8 Å². The fourth-order valence-electron chi connectivity index (χ4n) is 4.20. The SMILES string of the molecule is COc1cc(CNC(=O)C2(C)CC23CCNCC3)cc(OC)c1OC. The molecule has 3 rings (SSSR count). The van der Waals surface area contributed by atoms with Crippen molar-refractivity contribution < 1.29 is 19.0 Å². The number of hydrogen-bond acceptors (Lipinski definition) is 5. The molecule has 2 N–H and O–H groups in total. The molecule has 1 aromatic carbocycles. The van der Waals surface area contributed by atoms with Crippen LogP contribution in [0.2, 0.25) is 0 Å². The van der Waals surface area contributed by atoms with Crippen molar-refractivity contribution >= 4 is 5.91 Å². The highest BCUT2D eigenvalue weighted by Crippen LogP contribution is 2.68. The molecule has 0 bridgehead atoms. The molecule has 1 saturated heterocycles. The Morgan fingerprint density at radius 3 is 2.24 bits per heavy atom. The van der Waals surface area contributed by atoms with Gasteiger partial charge in [-0.25, -0.2) is 0 Å². The number of methoxy groups -OCH3 is 3. The highest BCUT2D eigenvalue weighted by atomic mass is 16.5. The van der Waals surface area contributed by atoms with E-state index in [-0.39, 0.29) is 16.7 Å². The summed E-state index contributed by atoms with van der Waals surface area (Å²) in [6.45, 7) is 4.56. The molecule has 1 aromatic rings. The van der Waals surface area contributed by atoms with Crippen molar-refractivity contribution in [3.8, 4) is 17.2 Å². The van der Waals surface area contributed by atoms with Gasteiger partial charge in [0.05, 0.1) is 26.7 Å². The molecule has 0 aromatic heterocycles. The summed E-state index contributed by atoms with van der Waals surface area (Å²) in [5.74, 6) is 1.89. The minimum atomic E-state index is -0.240. The summed E-state index contributed by atoms with van der Waals surface area (Å²) in [4.78, 5) is 12.8. The van der Waals surface area contributed by atoms with Crippen LogP contribution in [0.15, 0.2) is 12.1 Å². The molecule has 1 aliphatic heterocycles. The number of piperidine rings is 1. The molecule has 2 fully saturated rings. The van der Waals surface area contributed by atoms with Crippen molar-refractivity contribution in [3.05, 3.63) is 17.7 Å². The molecule has 6 nitrogen and oxygen atoms in total. The standard InChI is InChI=1S/C19H28N2O4/c1-18(12-19(18)5-7-20-8-6-19)17(22)21-11-13-9-14(23-2)16(25-4)15(10-13)24-3/h9-10,20H,5-8,11-12H2,1-4H3,(H,21,22). The average molecular weight is 348 g/mol. The molecule has 6 heteroatoms. The summed E-state index contributed by atoms with van der Waals surface area (Å²) < 4.78 is 16.1. The maximum absolute atomic E-state index is 12.8. The predicted octanol–water partition coefficient (Wildman–Crippen LogP) is 2.11. The average Bonchev–Trinajstić information content (AvgIpc) is 3.22. The quantitative estimate of drug-likeness (QED) is 0.824. The number of carbonyl (C=O) groups is 1. The molecule has 1 spiro atoms. The Morgan fingerprint density at radius 1 is 1.12 bits per heavy atom. The van der Waals surface area contributed by atoms with Crippen molar-refractivity contribution in [3.63, 3.8) is 0 Å². The molecule has 1 unspecified atom stereocenters. The van der Waals surface area contributed by atoms with E-state index in [0.29, 0.717) is 23.8 Å². The number of benzene rings is 1. The fraction of sp³-hybridized carbons (Fsp3) is 0.632. The second kappa shape index (κ2) is 6.75. The first-order valence-corrected chi connectivity index (χ1v) is 8.77. The van der Waals surface area contributed by atoms with Gasteiger partial charge in [0.1, 0.15) is 0 Å². The molecule has 1 heterocycles. The van der Waals surface area contributed by atoms with Gasteiger partial charge in [-0.3, -0.25) is 4.79 Å². The van der Waals surface area contributed by atoms with E-state index in [0.717, 1.165) is 37.9 Å². The normalized spacial score (nSPS) is 23.8. The summed E-state index contributed by atoms with van der Waals surface area (Å²) in [7, 11) is 4.76. The second-order valence-corrected chi connectivity index (χ2v) is 7.26. The van der Waals surface area contributed by atoms with E-state index in [1.54, 1.807) is 21.3 Å². The maximum atomic E-state index is 12.8. The van der Waals surface area contributed by atoms with Gasteiger partial charge in [0.2, 0.25) is 11.7 Å². The van der Waals surface area contributed by atoms with E-state index in [2.05, 4.69) is 17.6 Å². The zero-order valence-electron chi connectivity index (χ0n) is 15.5. The summed E-state index contributed by atoms with van der Waals surface area (Å²) >= 11 is 0. The Hall–Kier alpha value is -1.95. The number of ether oxygens (including phenoxy) is 3. The molecule has 1 aliphatic carbocycles. The van der Waals surface area contributed by atoms with E-state index in [4.69, 9.17) is 14.2 Å². The van der Waals surface area contributed by atoms with Crippen LogP contribution in [0.3, 0.4) is 0 Å². The first kappa shape index (κ1) is 17.9. The molecule has 2 aliphatic rings. The molecule has 1 saturated carbocycles. The molecule has 0 radical (unpaired) electrons. The van der Waals surface area contributed by atoms with Crippen molar-refractivity contribution in [1.29, 1.82) is 0 Å². The number of nitrogens with one attached hydrogen (secondary N) is 2. The van der Waals surface area contributed by atoms with Gasteiger partial charge in [-0.2, -0.15) is 0 Å². The summed E-state index contributed by atoms with van der Waals surface area (Å²) in [5.41, 5.74) is 0.874. The third kappa shape index (κ3) is 3.03. The van der Waals surface area contributed by atoms with E-state index < -0.39 is 0 Å². The molecule has 1 amide bonds. The van der Waals surface area contributed by atoms with Crippen molar-refractivity contribution in [2.75, 3.05) is 34.4 Å². The largest absolute Gasteiger partial charge is 0.493 e. The maximum Gasteiger partial charge on any atom is 0.226 e. The molecular formula is C19H28N2O4. The molecule has 25 heavy (non-hydrogen) atoms. The second-order valence-electron chi connectivity index (χ2n) is 7.26. The van der Waals surface area contributed by atoms with E-state index in [1.165, 1.54) is 0 Å². The lowest BCUT2D eigenvalue weighted by atomic mass is 9.85. The Kier molecular flexibility index (Phi) is 4.82. The van der Waals surface area contributed by atoms with Crippen LogP contribution in [0, 0.1) is 10.8 Å². The third-order valence-electron chi connectivity index (χ3n) is 5.98. The predicted molar refractivity (Wildman–Crippen MR) is 95.2 cm³/mol. The summed E-state index contributed by atoms with van der Waals surface area (Å²) in [6.07, 6.45) is 3.16. The van der Waals surface area contributed by atoms with Gasteiger partial charge in [0, 0.05) is 6.54 Å². The minimum Gasteiger partial charge on any atom is -0.493 e. The summed E-state index contributed by atoms with van der Waals surface area (Å²) in [5, 5.41) is 6.48. The fourth-order valence-corrected chi connectivity index (χ4v) is 4.20. The molecule has 1 atom stereocenters. The van der Waals surface area contributed by atoms with E-state index >= 15 is 0 Å². The Labute approximate surface area is 149 Å². The van der Waals surface area contributed by atoms with Gasteiger partial charge < -0.3 is 24.8 Å². The zero-order chi connectivity index (χ0) is 18.1. The van der Waals surface area contributed by atoms with E-state index in [9.17, 15) is 4.79 Å². The van der Waals surface area contributed by atoms with Gasteiger partial charge in [0.15, 0.2) is 11.5 Å². The van der Waals surface area contributed by atoms with Gasteiger partial charge in [0.25, 0.3) is 0 Å². The molecule has 138 valence electrons. The zero-order valence-corrected chi connectivity index (χ0v) is 15.5. The monoisotopic (exact) mass is 348 g/mol. The molecular weight excluding hydrogens is 320 g/mol. The van der Waals surface area contributed by atoms with Gasteiger partial charge >= 0.3 is 0 Å². The highest BCUT2D eigenvalue weighted by Gasteiger charge is 2.67.